The number of halogens is 5. The van der Waals surface area contributed by atoms with Crippen molar-refractivity contribution in [1.82, 2.24) is 5.32 Å². The Morgan fingerprint density at radius 3 is 2.33 bits per heavy atom. The van der Waals surface area contributed by atoms with E-state index in [-0.39, 0.29) is 11.6 Å². The summed E-state index contributed by atoms with van der Waals surface area (Å²) < 4.78 is 45.2. The van der Waals surface area contributed by atoms with Gasteiger partial charge in [-0.2, -0.15) is 13.2 Å². The van der Waals surface area contributed by atoms with Crippen molar-refractivity contribution in [3.8, 4) is 5.75 Å². The SMILES string of the molecule is O=C1NC(=O)N(c2cc(C(F)(F)F)ccc2Cl)C(=O)/C1=C\c1ccc(OCc2cccc(Cl)c2)cc1. The van der Waals surface area contributed by atoms with Crippen LogP contribution in [0.2, 0.25) is 10.0 Å². The normalized spacial score (nSPS) is 15.3. The largest absolute Gasteiger partial charge is 0.489 e. The first-order valence-electron chi connectivity index (χ1n) is 10.3. The summed E-state index contributed by atoms with van der Waals surface area (Å²) in [6, 6.07) is 14.5. The number of carbonyl (C=O) groups is 3. The van der Waals surface area contributed by atoms with Gasteiger partial charge in [0.1, 0.15) is 17.9 Å². The number of nitrogens with zero attached hydrogens (tertiary/aromatic N) is 1. The lowest BCUT2D eigenvalue weighted by Crippen LogP contribution is -2.54. The average Bonchev–Trinajstić information content (AvgIpc) is 2.81. The van der Waals surface area contributed by atoms with Crippen LogP contribution in [-0.4, -0.2) is 17.8 Å². The average molecular weight is 535 g/mol. The van der Waals surface area contributed by atoms with E-state index in [9.17, 15) is 27.6 Å². The quantitative estimate of drug-likeness (QED) is 0.309. The molecule has 6 nitrogen and oxygen atoms in total. The second kappa shape index (κ2) is 10.0. The van der Waals surface area contributed by atoms with Gasteiger partial charge in [-0.3, -0.25) is 14.9 Å². The molecule has 3 aromatic carbocycles. The molecule has 1 aliphatic rings. The Balaban J connectivity index is 1.57. The predicted octanol–water partition coefficient (Wildman–Crippen LogP) is 6.26. The highest BCUT2D eigenvalue weighted by Gasteiger charge is 2.39. The molecule has 36 heavy (non-hydrogen) atoms. The minimum atomic E-state index is -4.74. The van der Waals surface area contributed by atoms with E-state index in [0.29, 0.717) is 27.3 Å². The highest BCUT2D eigenvalue weighted by Crippen LogP contribution is 2.36. The maximum Gasteiger partial charge on any atom is 0.416 e. The van der Waals surface area contributed by atoms with Gasteiger partial charge < -0.3 is 4.74 Å². The first-order chi connectivity index (χ1) is 17.0. The van der Waals surface area contributed by atoms with Crippen LogP contribution in [-0.2, 0) is 22.4 Å². The van der Waals surface area contributed by atoms with Crippen molar-refractivity contribution >= 4 is 52.8 Å². The molecular formula is C25H15Cl2F3N2O4. The Hall–Kier alpha value is -3.82. The molecule has 11 heteroatoms. The van der Waals surface area contributed by atoms with Crippen LogP contribution in [0.5, 0.6) is 5.75 Å². The topological polar surface area (TPSA) is 75.7 Å². The van der Waals surface area contributed by atoms with Crippen LogP contribution >= 0.6 is 23.2 Å². The van der Waals surface area contributed by atoms with Gasteiger partial charge in [-0.25, -0.2) is 9.69 Å². The number of hydrogen-bond acceptors (Lipinski definition) is 4. The molecule has 0 radical (unpaired) electrons. The minimum absolute atomic E-state index is 0.261. The van der Waals surface area contributed by atoms with Crippen LogP contribution < -0.4 is 15.0 Å². The molecule has 184 valence electrons. The zero-order valence-electron chi connectivity index (χ0n) is 18.1. The third kappa shape index (κ3) is 5.53. The first-order valence-corrected chi connectivity index (χ1v) is 11.0. The Bertz CT molecular complexity index is 1390. The first kappa shape index (κ1) is 25.3. The molecule has 1 fully saturated rings. The number of imide groups is 2. The van der Waals surface area contributed by atoms with Crippen molar-refractivity contribution in [1.29, 1.82) is 0 Å². The molecule has 0 aliphatic carbocycles. The standard InChI is InChI=1S/C25H15Cl2F3N2O4/c26-17-3-1-2-15(10-17)13-36-18-7-4-14(5-8-18)11-19-22(33)31-24(35)32(23(19)34)21-12-16(25(28,29)30)6-9-20(21)27/h1-12H,13H2,(H,31,33,35)/b19-11-. The van der Waals surface area contributed by atoms with Crippen LogP contribution in [0.4, 0.5) is 23.7 Å². The molecule has 0 aromatic heterocycles. The molecule has 0 atom stereocenters. The van der Waals surface area contributed by atoms with Gasteiger partial charge in [0.2, 0.25) is 0 Å². The molecule has 0 saturated carbocycles. The number of ether oxygens (including phenoxy) is 1. The van der Waals surface area contributed by atoms with Crippen LogP contribution in [0.15, 0.2) is 72.3 Å². The highest BCUT2D eigenvalue weighted by atomic mass is 35.5. The molecule has 1 heterocycles. The summed E-state index contributed by atoms with van der Waals surface area (Å²) in [4.78, 5) is 38.1. The number of hydrogen-bond donors (Lipinski definition) is 1. The van der Waals surface area contributed by atoms with Gasteiger partial charge in [0.05, 0.1) is 16.3 Å². The van der Waals surface area contributed by atoms with Crippen LogP contribution in [0.25, 0.3) is 6.08 Å². The Morgan fingerprint density at radius 2 is 1.67 bits per heavy atom. The summed E-state index contributed by atoms with van der Waals surface area (Å²) in [5, 5.41) is 2.25. The van der Waals surface area contributed by atoms with Crippen molar-refractivity contribution in [3.63, 3.8) is 0 Å². The summed E-state index contributed by atoms with van der Waals surface area (Å²) >= 11 is 11.9. The van der Waals surface area contributed by atoms with Crippen molar-refractivity contribution in [3.05, 3.63) is 99.0 Å². The summed E-state index contributed by atoms with van der Waals surface area (Å²) in [5.74, 6) is -1.61. The van der Waals surface area contributed by atoms with E-state index < -0.39 is 40.8 Å². The van der Waals surface area contributed by atoms with Crippen LogP contribution in [0, 0.1) is 0 Å². The van der Waals surface area contributed by atoms with Gasteiger partial charge in [0.15, 0.2) is 0 Å². The van der Waals surface area contributed by atoms with Crippen molar-refractivity contribution in [2.24, 2.45) is 0 Å². The maximum atomic E-state index is 13.2. The van der Waals surface area contributed by atoms with E-state index in [4.69, 9.17) is 27.9 Å². The predicted molar refractivity (Wildman–Crippen MR) is 128 cm³/mol. The fourth-order valence-corrected chi connectivity index (χ4v) is 3.77. The van der Waals surface area contributed by atoms with E-state index in [1.54, 1.807) is 42.5 Å². The Morgan fingerprint density at radius 1 is 0.944 bits per heavy atom. The van der Waals surface area contributed by atoms with E-state index in [1.165, 1.54) is 6.08 Å². The van der Waals surface area contributed by atoms with Gasteiger partial charge in [-0.15, -0.1) is 0 Å². The number of amides is 4. The number of nitrogens with one attached hydrogen (secondary N) is 1. The van der Waals surface area contributed by atoms with E-state index in [1.807, 2.05) is 11.4 Å². The molecule has 0 bridgehead atoms. The fraction of sp³-hybridized carbons (Fsp3) is 0.0800. The Kier molecular flexibility index (Phi) is 7.05. The fourth-order valence-electron chi connectivity index (χ4n) is 3.36. The maximum absolute atomic E-state index is 13.2. The molecule has 4 rings (SSSR count). The number of benzene rings is 3. The van der Waals surface area contributed by atoms with E-state index in [0.717, 1.165) is 17.7 Å². The molecule has 1 aliphatic heterocycles. The van der Waals surface area contributed by atoms with Gasteiger partial charge >= 0.3 is 12.2 Å². The zero-order valence-corrected chi connectivity index (χ0v) is 19.6. The van der Waals surface area contributed by atoms with Crippen molar-refractivity contribution in [2.45, 2.75) is 12.8 Å². The molecular weight excluding hydrogens is 520 g/mol. The van der Waals surface area contributed by atoms with Crippen LogP contribution in [0.3, 0.4) is 0 Å². The lowest BCUT2D eigenvalue weighted by molar-refractivity contribution is -0.137. The van der Waals surface area contributed by atoms with Gasteiger partial charge in [-0.05, 0) is 59.7 Å². The number of anilines is 1. The number of barbiturate groups is 1. The number of alkyl halides is 3. The number of carbonyl (C=O) groups excluding carboxylic acids is 3. The van der Waals surface area contributed by atoms with E-state index >= 15 is 0 Å². The minimum Gasteiger partial charge on any atom is -0.489 e. The van der Waals surface area contributed by atoms with Crippen molar-refractivity contribution < 1.29 is 32.3 Å². The molecule has 4 amide bonds. The molecule has 1 N–H and O–H groups in total. The van der Waals surface area contributed by atoms with Gasteiger partial charge in [0, 0.05) is 5.02 Å². The van der Waals surface area contributed by atoms with Crippen LogP contribution in [0.1, 0.15) is 16.7 Å². The number of urea groups is 1. The second-order valence-corrected chi connectivity index (χ2v) is 8.45. The highest BCUT2D eigenvalue weighted by molar-refractivity contribution is 6.42. The molecule has 0 spiro atoms. The van der Waals surface area contributed by atoms with Crippen molar-refractivity contribution in [2.75, 3.05) is 4.90 Å². The monoisotopic (exact) mass is 534 g/mol. The smallest absolute Gasteiger partial charge is 0.416 e. The lowest BCUT2D eigenvalue weighted by Gasteiger charge is -2.27. The van der Waals surface area contributed by atoms with Gasteiger partial charge in [0.25, 0.3) is 11.8 Å². The zero-order chi connectivity index (χ0) is 26.0. The summed E-state index contributed by atoms with van der Waals surface area (Å²) in [6.45, 7) is 0.261. The Labute approximate surface area is 212 Å². The van der Waals surface area contributed by atoms with E-state index in [2.05, 4.69) is 0 Å². The molecule has 1 saturated heterocycles. The lowest BCUT2D eigenvalue weighted by atomic mass is 10.1. The summed E-state index contributed by atoms with van der Waals surface area (Å²) in [7, 11) is 0. The van der Waals surface area contributed by atoms with Gasteiger partial charge in [-0.1, -0.05) is 47.5 Å². The number of rotatable bonds is 5. The molecule has 0 unspecified atom stereocenters. The summed E-state index contributed by atoms with van der Waals surface area (Å²) in [5.41, 5.74) is -0.810. The molecule has 3 aromatic rings. The third-order valence-corrected chi connectivity index (χ3v) is 5.66. The third-order valence-electron chi connectivity index (χ3n) is 5.10. The summed E-state index contributed by atoms with van der Waals surface area (Å²) in [6.07, 6.45) is -3.53. The second-order valence-electron chi connectivity index (χ2n) is 7.61.